The number of aromatic amines is 3. The van der Waals surface area contributed by atoms with E-state index in [9.17, 15) is 32.3 Å². The van der Waals surface area contributed by atoms with Crippen LogP contribution in [0.15, 0.2) is 64.4 Å². The molecule has 2 aromatic carbocycles. The van der Waals surface area contributed by atoms with Gasteiger partial charge in [0.05, 0.1) is 34.8 Å². The van der Waals surface area contributed by atoms with E-state index in [1.807, 2.05) is 0 Å². The summed E-state index contributed by atoms with van der Waals surface area (Å²) < 4.78 is 47.1. The highest BCUT2D eigenvalue weighted by Gasteiger charge is 2.37. The van der Waals surface area contributed by atoms with Gasteiger partial charge in [0, 0.05) is 18.1 Å². The molecule has 2 heterocycles. The lowest BCUT2D eigenvalue weighted by molar-refractivity contribution is -0.138. The number of ether oxygens (including phenoxy) is 1. The molecule has 0 saturated carbocycles. The number of alkyl halides is 3. The van der Waals surface area contributed by atoms with Crippen LogP contribution in [0.25, 0.3) is 11.0 Å². The molecule has 192 valence electrons. The molecule has 13 heteroatoms. The number of carbonyl (C=O) groups is 2. The Morgan fingerprint density at radius 1 is 1.00 bits per heavy atom. The lowest BCUT2D eigenvalue weighted by atomic mass is 9.94. The molecule has 4 aromatic rings. The molecule has 0 bridgehead atoms. The Labute approximate surface area is 205 Å². The number of urea groups is 1. The van der Waals surface area contributed by atoms with E-state index in [1.165, 1.54) is 42.7 Å². The number of fused-ring (bicyclic) bond motifs is 1. The molecule has 0 radical (unpaired) electrons. The summed E-state index contributed by atoms with van der Waals surface area (Å²) >= 11 is 0. The van der Waals surface area contributed by atoms with Crippen molar-refractivity contribution in [2.45, 2.75) is 19.1 Å². The molecule has 2 amide bonds. The van der Waals surface area contributed by atoms with E-state index in [4.69, 9.17) is 4.74 Å². The number of H-pyrrole nitrogens is 3. The van der Waals surface area contributed by atoms with Gasteiger partial charge in [0.2, 0.25) is 0 Å². The molecule has 0 aliphatic heterocycles. The fourth-order valence-corrected chi connectivity index (χ4v) is 3.73. The molecule has 0 aliphatic rings. The van der Waals surface area contributed by atoms with E-state index < -0.39 is 40.9 Å². The second-order valence-electron chi connectivity index (χ2n) is 7.86. The average molecular weight is 515 g/mol. The number of aromatic nitrogens is 3. The van der Waals surface area contributed by atoms with Crippen LogP contribution in [0.5, 0.6) is 0 Å². The van der Waals surface area contributed by atoms with E-state index in [0.717, 1.165) is 6.07 Å². The van der Waals surface area contributed by atoms with Crippen LogP contribution in [0.3, 0.4) is 0 Å². The molecule has 0 spiro atoms. The fourth-order valence-electron chi connectivity index (χ4n) is 3.73. The summed E-state index contributed by atoms with van der Waals surface area (Å²) in [4.78, 5) is 55.2. The normalized spacial score (nSPS) is 12.2. The summed E-state index contributed by atoms with van der Waals surface area (Å²) in [5.41, 5.74) is -3.06. The van der Waals surface area contributed by atoms with Gasteiger partial charge in [-0.05, 0) is 60.5 Å². The first-order chi connectivity index (χ1) is 17.6. The van der Waals surface area contributed by atoms with Crippen molar-refractivity contribution in [2.75, 3.05) is 11.9 Å². The lowest BCUT2D eigenvalue weighted by Gasteiger charge is -2.23. The molecule has 10 nitrogen and oxygen atoms in total. The Bertz CT molecular complexity index is 1560. The first kappa shape index (κ1) is 25.3. The minimum absolute atomic E-state index is 0.0510. The summed E-state index contributed by atoms with van der Waals surface area (Å²) in [7, 11) is 0. The summed E-state index contributed by atoms with van der Waals surface area (Å²) in [5, 5.41) is 5.03. The Morgan fingerprint density at radius 2 is 1.65 bits per heavy atom. The number of esters is 1. The smallest absolute Gasteiger partial charge is 0.416 e. The van der Waals surface area contributed by atoms with Crippen molar-refractivity contribution in [1.82, 2.24) is 20.3 Å². The Morgan fingerprint density at radius 3 is 2.22 bits per heavy atom. The summed E-state index contributed by atoms with van der Waals surface area (Å²) in [6, 6.07) is 6.85. The molecule has 1 atom stereocenters. The van der Waals surface area contributed by atoms with E-state index in [-0.39, 0.29) is 34.5 Å². The van der Waals surface area contributed by atoms with E-state index in [0.29, 0.717) is 11.6 Å². The Balaban J connectivity index is 1.70. The maximum atomic E-state index is 14.1. The highest BCUT2D eigenvalue weighted by atomic mass is 19.4. The van der Waals surface area contributed by atoms with Crippen molar-refractivity contribution in [1.29, 1.82) is 0 Å². The predicted molar refractivity (Wildman–Crippen MR) is 127 cm³/mol. The Kier molecular flexibility index (Phi) is 6.87. The van der Waals surface area contributed by atoms with Crippen LogP contribution >= 0.6 is 0 Å². The van der Waals surface area contributed by atoms with Gasteiger partial charge in [-0.15, -0.1) is 0 Å². The monoisotopic (exact) mass is 515 g/mol. The van der Waals surface area contributed by atoms with Crippen LogP contribution in [0.4, 0.5) is 23.7 Å². The average Bonchev–Trinajstić information content (AvgIpc) is 3.37. The van der Waals surface area contributed by atoms with Crippen LogP contribution < -0.4 is 21.8 Å². The van der Waals surface area contributed by atoms with Crippen LogP contribution in [0.2, 0.25) is 0 Å². The minimum atomic E-state index is -4.85. The summed E-state index contributed by atoms with van der Waals surface area (Å²) in [5.74, 6) is -0.540. The summed E-state index contributed by atoms with van der Waals surface area (Å²) in [6.07, 6.45) is -1.96. The molecular weight excluding hydrogens is 495 g/mol. The molecule has 4 rings (SSSR count). The van der Waals surface area contributed by atoms with E-state index in [1.54, 1.807) is 6.92 Å². The molecule has 0 aliphatic carbocycles. The standard InChI is InChI=1S/C24H20F3N5O5/c1-2-37-22(35)12-3-5-14(6-4-12)29-23(36)32-19(13-7-8-28-11-13)15-9-17-18(10-16(15)24(25,26)27)31-21(34)20(33)30-17/h3-11,19,28H,2H2,1H3,(H,30,33)(H,31,34)(H2,29,32,36). The van der Waals surface area contributed by atoms with Crippen molar-refractivity contribution in [3.05, 3.63) is 97.8 Å². The molecule has 0 fully saturated rings. The molecular formula is C24H20F3N5O5. The number of anilines is 1. The third kappa shape index (κ3) is 5.55. The first-order valence-electron chi connectivity index (χ1n) is 10.9. The van der Waals surface area contributed by atoms with Crippen LogP contribution in [0, 0.1) is 0 Å². The van der Waals surface area contributed by atoms with Crippen molar-refractivity contribution in [2.24, 2.45) is 0 Å². The molecule has 0 saturated heterocycles. The summed E-state index contributed by atoms with van der Waals surface area (Å²) in [6.45, 7) is 1.86. The topological polar surface area (TPSA) is 149 Å². The number of hydrogen-bond donors (Lipinski definition) is 5. The lowest BCUT2D eigenvalue weighted by Crippen LogP contribution is -2.34. The van der Waals surface area contributed by atoms with Crippen molar-refractivity contribution in [3.63, 3.8) is 0 Å². The number of hydrogen-bond acceptors (Lipinski definition) is 5. The number of benzene rings is 2. The predicted octanol–water partition coefficient (Wildman–Crippen LogP) is 3.65. The zero-order valence-electron chi connectivity index (χ0n) is 19.2. The molecule has 2 aromatic heterocycles. The van der Waals surface area contributed by atoms with Crippen LogP contribution in [-0.2, 0) is 10.9 Å². The van der Waals surface area contributed by atoms with Crippen molar-refractivity contribution < 1.29 is 27.5 Å². The maximum absolute atomic E-state index is 14.1. The number of rotatable bonds is 6. The third-order valence-corrected chi connectivity index (χ3v) is 5.39. The van der Waals surface area contributed by atoms with Gasteiger partial charge in [0.25, 0.3) is 0 Å². The van der Waals surface area contributed by atoms with E-state index in [2.05, 4.69) is 25.6 Å². The number of amides is 2. The fraction of sp³-hybridized carbons (Fsp3) is 0.167. The van der Waals surface area contributed by atoms with Crippen LogP contribution in [0.1, 0.15) is 40.0 Å². The second kappa shape index (κ2) is 10.0. The Hall–Kier alpha value is -4.81. The molecule has 37 heavy (non-hydrogen) atoms. The first-order valence-corrected chi connectivity index (χ1v) is 10.9. The minimum Gasteiger partial charge on any atom is -0.462 e. The SMILES string of the molecule is CCOC(=O)c1ccc(NC(=O)NC(c2cc[nH]c2)c2cc3[nH]c(=O)c(=O)[nH]c3cc2C(F)(F)F)cc1. The highest BCUT2D eigenvalue weighted by molar-refractivity contribution is 5.92. The number of nitrogens with one attached hydrogen (secondary N) is 5. The van der Waals surface area contributed by atoms with Gasteiger partial charge in [-0.1, -0.05) is 0 Å². The van der Waals surface area contributed by atoms with Gasteiger partial charge in [0.1, 0.15) is 0 Å². The van der Waals surface area contributed by atoms with Gasteiger partial charge in [0.15, 0.2) is 0 Å². The maximum Gasteiger partial charge on any atom is 0.416 e. The zero-order valence-corrected chi connectivity index (χ0v) is 19.2. The van der Waals surface area contributed by atoms with Gasteiger partial charge < -0.3 is 30.3 Å². The number of carbonyl (C=O) groups excluding carboxylic acids is 2. The quantitative estimate of drug-likeness (QED) is 0.196. The molecule has 1 unspecified atom stereocenters. The zero-order chi connectivity index (χ0) is 26.7. The van der Waals surface area contributed by atoms with Crippen LogP contribution in [-0.4, -0.2) is 33.6 Å². The van der Waals surface area contributed by atoms with Gasteiger partial charge in [-0.3, -0.25) is 9.59 Å². The van der Waals surface area contributed by atoms with Crippen molar-refractivity contribution >= 4 is 28.7 Å². The largest absolute Gasteiger partial charge is 0.462 e. The van der Waals surface area contributed by atoms with E-state index >= 15 is 0 Å². The van der Waals surface area contributed by atoms with Crippen molar-refractivity contribution in [3.8, 4) is 0 Å². The second-order valence-corrected chi connectivity index (χ2v) is 7.86. The third-order valence-electron chi connectivity index (χ3n) is 5.39. The van der Waals surface area contributed by atoms with Gasteiger partial charge in [-0.25, -0.2) is 9.59 Å². The van der Waals surface area contributed by atoms with Gasteiger partial charge in [-0.2, -0.15) is 13.2 Å². The number of halogens is 3. The highest BCUT2D eigenvalue weighted by Crippen LogP contribution is 2.38. The van der Waals surface area contributed by atoms with Gasteiger partial charge >= 0.3 is 29.3 Å². The molecule has 5 N–H and O–H groups in total.